The van der Waals surface area contributed by atoms with Gasteiger partial charge in [0.1, 0.15) is 0 Å². The fraction of sp³-hybridized carbons (Fsp3) is 0. The van der Waals surface area contributed by atoms with E-state index in [0.29, 0.717) is 0 Å². The van der Waals surface area contributed by atoms with Gasteiger partial charge in [-0.25, -0.2) is 0 Å². The molecular weight excluding hydrogens is 474 g/mol. The fourth-order valence-electron chi connectivity index (χ4n) is 0.0544. The summed E-state index contributed by atoms with van der Waals surface area (Å²) in [7, 11) is 0. The summed E-state index contributed by atoms with van der Waals surface area (Å²) in [5.41, 5.74) is 0. The van der Waals surface area contributed by atoms with E-state index in [1.54, 1.807) is 0 Å². The standard InChI is InChI=1S/7O.2Sb.Sn. The summed E-state index contributed by atoms with van der Waals surface area (Å²) in [5.74, 6) is 0. The monoisotopic (exact) mass is 474 g/mol. The van der Waals surface area contributed by atoms with Crippen molar-refractivity contribution in [3.8, 4) is 0 Å². The molecule has 0 unspecified atom stereocenters. The molecule has 0 spiro atoms. The summed E-state index contributed by atoms with van der Waals surface area (Å²) in [5, 5.41) is 0. The fourth-order valence-corrected chi connectivity index (χ4v) is 2.45. The summed E-state index contributed by atoms with van der Waals surface area (Å²) >= 11 is -10.5. The Kier molecular flexibility index (Phi) is 14.0. The average molecular weight is 474 g/mol. The van der Waals surface area contributed by atoms with E-state index in [2.05, 4.69) is 1.29 Å². The van der Waals surface area contributed by atoms with Crippen molar-refractivity contribution in [1.29, 1.82) is 0 Å². The molecule has 0 aromatic heterocycles. The van der Waals surface area contributed by atoms with Gasteiger partial charge in [-0.2, -0.15) is 0 Å². The Bertz CT molecular complexity index is 202. The topological polar surface area (TPSA) is 112 Å². The molecule has 0 atom stereocenters. The van der Waals surface area contributed by atoms with Crippen molar-refractivity contribution in [2.45, 2.75) is 0 Å². The van der Waals surface area contributed by atoms with Crippen molar-refractivity contribution in [3.05, 3.63) is 0 Å². The van der Waals surface area contributed by atoms with Gasteiger partial charge in [-0.3, -0.25) is 0 Å². The van der Waals surface area contributed by atoms with Crippen LogP contribution in [0.1, 0.15) is 0 Å². The Morgan fingerprint density at radius 3 is 1.10 bits per heavy atom. The molecule has 0 aliphatic rings. The maximum absolute atomic E-state index is 9.39. The normalized spacial score (nSPS) is 6.40. The summed E-state index contributed by atoms with van der Waals surface area (Å²) in [4.78, 5) is 0. The molecule has 0 aromatic carbocycles. The van der Waals surface area contributed by atoms with Crippen LogP contribution in [0.15, 0.2) is 0 Å². The van der Waals surface area contributed by atoms with E-state index >= 15 is 0 Å². The predicted octanol–water partition coefficient (Wildman–Crippen LogP) is -1.92. The predicted molar refractivity (Wildman–Crippen MR) is 22.5 cm³/mol. The van der Waals surface area contributed by atoms with E-state index in [1.165, 1.54) is 0 Å². The molecule has 0 bridgehead atoms. The number of hydrogen-bond acceptors (Lipinski definition) is 7. The van der Waals surface area contributed by atoms with Gasteiger partial charge in [-0.15, -0.1) is 0 Å². The van der Waals surface area contributed by atoms with Crippen LogP contribution in [0.2, 0.25) is 0 Å². The van der Waals surface area contributed by atoms with E-state index < -0.39 is 62.3 Å². The van der Waals surface area contributed by atoms with Gasteiger partial charge in [-0.05, 0) is 0 Å². The van der Waals surface area contributed by atoms with Crippen LogP contribution >= 0.6 is 0 Å². The molecule has 10 heteroatoms. The van der Waals surface area contributed by atoms with Crippen molar-refractivity contribution in [3.63, 3.8) is 0 Å². The van der Waals surface area contributed by atoms with E-state index in [1.807, 2.05) is 0 Å². The van der Waals surface area contributed by atoms with Crippen molar-refractivity contribution in [1.82, 2.24) is 0 Å². The Hall–Kier alpha value is 1.20. The van der Waals surface area contributed by atoms with Crippen LogP contribution in [-0.4, -0.2) is 62.3 Å². The number of rotatable bonds is 2. The first kappa shape index (κ1) is 13.8. The molecule has 7 nitrogen and oxygen atoms in total. The molecule has 0 saturated heterocycles. The summed E-state index contributed by atoms with van der Waals surface area (Å²) in [6.07, 6.45) is 0. The van der Waals surface area contributed by atoms with Gasteiger partial charge in [0.15, 0.2) is 0 Å². The minimum atomic E-state index is -4.13. The summed E-state index contributed by atoms with van der Waals surface area (Å²) in [6, 6.07) is 0. The van der Waals surface area contributed by atoms with Crippen LogP contribution in [0, 0.1) is 0 Å². The Morgan fingerprint density at radius 2 is 1.10 bits per heavy atom. The molecule has 0 saturated carbocycles. The summed E-state index contributed by atoms with van der Waals surface area (Å²) in [6.45, 7) is 0. The van der Waals surface area contributed by atoms with Crippen molar-refractivity contribution < 1.29 is 19.5 Å². The van der Waals surface area contributed by atoms with E-state index in [0.717, 1.165) is 0 Å². The van der Waals surface area contributed by atoms with Crippen LogP contribution in [0.4, 0.5) is 0 Å². The van der Waals surface area contributed by atoms with Gasteiger partial charge < -0.3 is 0 Å². The SMILES string of the molecule is [O]=[Sb](=[O])[O][Sb](=[O])=[O].[O]=[Sn]=[O]. The van der Waals surface area contributed by atoms with Gasteiger partial charge in [0.25, 0.3) is 0 Å². The second kappa shape index (κ2) is 10.2. The zero-order valence-corrected chi connectivity index (χ0v) is 12.2. The molecule has 0 N–H and O–H groups in total. The van der Waals surface area contributed by atoms with Crippen molar-refractivity contribution >= 4 is 62.3 Å². The van der Waals surface area contributed by atoms with Crippen LogP contribution in [-0.2, 0) is 19.5 Å². The summed E-state index contributed by atoms with van der Waals surface area (Å²) < 4.78 is 58.0. The van der Waals surface area contributed by atoms with Crippen LogP contribution in [0.3, 0.4) is 0 Å². The van der Waals surface area contributed by atoms with Gasteiger partial charge in [-0.1, -0.05) is 0 Å². The van der Waals surface area contributed by atoms with Crippen molar-refractivity contribution in [2.24, 2.45) is 0 Å². The van der Waals surface area contributed by atoms with Crippen LogP contribution < -0.4 is 0 Å². The Labute approximate surface area is 80.7 Å². The zero-order chi connectivity index (χ0) is 8.57. The molecule has 0 amide bonds. The van der Waals surface area contributed by atoms with Gasteiger partial charge in [0.05, 0.1) is 0 Å². The molecule has 56 valence electrons. The van der Waals surface area contributed by atoms with Gasteiger partial charge in [0.2, 0.25) is 0 Å². The molecule has 0 heterocycles. The Balaban J connectivity index is 0. The quantitative estimate of drug-likeness (QED) is 0.429. The van der Waals surface area contributed by atoms with Crippen molar-refractivity contribution in [2.75, 3.05) is 0 Å². The molecule has 0 aliphatic heterocycles. The first-order valence-electron chi connectivity index (χ1n) is 1.50. The number of hydrogen-bond donors (Lipinski definition) is 0. The minimum absolute atomic E-state index is 2.27. The second-order valence-corrected chi connectivity index (χ2v) is 7.23. The molecule has 0 radical (unpaired) electrons. The molecule has 0 fully saturated rings. The Morgan fingerprint density at radius 1 is 0.900 bits per heavy atom. The molecule has 0 rings (SSSR count). The maximum atomic E-state index is 9.39. The molecule has 0 aromatic rings. The third-order valence-corrected chi connectivity index (χ3v) is 6.00. The van der Waals surface area contributed by atoms with E-state index in [-0.39, 0.29) is 0 Å². The zero-order valence-electron chi connectivity index (χ0n) is 4.25. The van der Waals surface area contributed by atoms with Crippen LogP contribution in [0.5, 0.6) is 0 Å². The van der Waals surface area contributed by atoms with Gasteiger partial charge >= 0.3 is 81.9 Å². The molecular formula is O7Sb2Sn. The molecule has 0 aliphatic carbocycles. The van der Waals surface area contributed by atoms with E-state index in [9.17, 15) is 12.1 Å². The first-order chi connectivity index (χ1) is 4.54. The third kappa shape index (κ3) is 22.9. The van der Waals surface area contributed by atoms with Gasteiger partial charge in [0, 0.05) is 0 Å². The molecule has 10 heavy (non-hydrogen) atoms. The third-order valence-electron chi connectivity index (χ3n) is 0.133. The second-order valence-electron chi connectivity index (χ2n) is 0.612. The first-order valence-corrected chi connectivity index (χ1v) is 10.1. The van der Waals surface area contributed by atoms with E-state index in [4.69, 9.17) is 6.15 Å². The van der Waals surface area contributed by atoms with Crippen LogP contribution in [0.25, 0.3) is 0 Å². The average Bonchev–Trinajstić information content (AvgIpc) is 1.62.